The predicted molar refractivity (Wildman–Crippen MR) is 260 cm³/mol. The van der Waals surface area contributed by atoms with Crippen LogP contribution in [0.3, 0.4) is 0 Å². The minimum Gasteiger partial charge on any atom is -0.237 e. The lowest BCUT2D eigenvalue weighted by Gasteiger charge is -2.06. The molecule has 4 aromatic carbocycles. The lowest BCUT2D eigenvalue weighted by atomic mass is 10.0. The number of aromatic nitrogens is 8. The van der Waals surface area contributed by atoms with Gasteiger partial charge in [0.2, 0.25) is 0 Å². The van der Waals surface area contributed by atoms with Crippen molar-refractivity contribution in [1.82, 2.24) is 39.9 Å². The highest BCUT2D eigenvalue weighted by Crippen LogP contribution is 2.23. The van der Waals surface area contributed by atoms with E-state index in [0.29, 0.717) is 23.7 Å². The number of hydrogen-bond acceptors (Lipinski definition) is 8. The summed E-state index contributed by atoms with van der Waals surface area (Å²) in [5, 5.41) is 0. The third-order valence-corrected chi connectivity index (χ3v) is 10.3. The molecule has 0 bridgehead atoms. The van der Waals surface area contributed by atoms with Gasteiger partial charge in [-0.25, -0.2) is 39.9 Å². The van der Waals surface area contributed by atoms with Crippen LogP contribution in [-0.4, -0.2) is 39.9 Å². The van der Waals surface area contributed by atoms with E-state index in [1.165, 1.54) is 22.3 Å². The molecule has 0 radical (unpaired) electrons. The third kappa shape index (κ3) is 14.7. The summed E-state index contributed by atoms with van der Waals surface area (Å²) in [4.78, 5) is 34.3. The molecular weight excluding hydrogens is 773 g/mol. The Kier molecular flexibility index (Phi) is 17.6. The summed E-state index contributed by atoms with van der Waals surface area (Å²) < 4.78 is 0. The largest absolute Gasteiger partial charge is 0.237 e. The molecule has 0 unspecified atom stereocenters. The molecular formula is C55H62N8. The van der Waals surface area contributed by atoms with Crippen molar-refractivity contribution in [3.05, 3.63) is 192 Å². The molecule has 0 aliphatic heterocycles. The summed E-state index contributed by atoms with van der Waals surface area (Å²) in [5.41, 5.74) is 12.9. The number of hydrogen-bond donors (Lipinski definition) is 0. The van der Waals surface area contributed by atoms with E-state index < -0.39 is 0 Å². The van der Waals surface area contributed by atoms with E-state index in [4.69, 9.17) is 0 Å². The zero-order valence-electron chi connectivity index (χ0n) is 38.8. The number of rotatable bonds is 8. The molecule has 0 fully saturated rings. The van der Waals surface area contributed by atoms with Crippen LogP contribution in [0.5, 0.6) is 0 Å². The summed E-state index contributed by atoms with van der Waals surface area (Å²) in [6.07, 6.45) is 14.6. The summed E-state index contributed by atoms with van der Waals surface area (Å²) in [7, 11) is 0. The Hall–Kier alpha value is -6.80. The second-order valence-corrected chi connectivity index (χ2v) is 16.9. The van der Waals surface area contributed by atoms with E-state index >= 15 is 0 Å². The second kappa shape index (κ2) is 23.4. The topological polar surface area (TPSA) is 103 Å². The molecule has 8 rings (SSSR count). The highest BCUT2D eigenvalue weighted by atomic mass is 14.9. The fourth-order valence-electron chi connectivity index (χ4n) is 6.14. The highest BCUT2D eigenvalue weighted by Gasteiger charge is 2.06. The van der Waals surface area contributed by atoms with Crippen molar-refractivity contribution in [1.29, 1.82) is 0 Å². The molecule has 0 aliphatic rings. The Morgan fingerprint density at radius 2 is 0.460 bits per heavy atom. The standard InChI is InChI=1S/3C14H16N2.C13H14N2/c3*1-10(2)12-4-6-13(7-5-12)14-15-8-11(3)9-16-14;1-10(2)11-4-6-12(7-5-11)13-14-8-3-9-15-13/h3*4-10H,1-3H3;3-10H,1-2H3. The molecule has 4 heterocycles. The SMILES string of the molecule is CC(C)c1ccc(-c2ncccn2)cc1.Cc1cnc(-c2ccc(C(C)C)cc2)nc1.Cc1cnc(-c2ccc(C(C)C)cc2)nc1.Cc1cnc(-c2ccc(C(C)C)cc2)nc1. The highest BCUT2D eigenvalue weighted by molar-refractivity contribution is 5.57. The van der Waals surface area contributed by atoms with E-state index in [0.717, 1.165) is 62.2 Å². The van der Waals surface area contributed by atoms with Crippen LogP contribution in [0.4, 0.5) is 0 Å². The monoisotopic (exact) mass is 835 g/mol. The van der Waals surface area contributed by atoms with Crippen LogP contribution in [0, 0.1) is 20.8 Å². The van der Waals surface area contributed by atoms with Gasteiger partial charge in [-0.15, -0.1) is 0 Å². The molecule has 0 spiro atoms. The van der Waals surface area contributed by atoms with E-state index in [1.807, 2.05) is 64.0 Å². The van der Waals surface area contributed by atoms with Crippen molar-refractivity contribution in [2.45, 2.75) is 99.8 Å². The lowest BCUT2D eigenvalue weighted by Crippen LogP contribution is -1.91. The van der Waals surface area contributed by atoms with Crippen molar-refractivity contribution in [3.63, 3.8) is 0 Å². The molecule has 63 heavy (non-hydrogen) atoms. The van der Waals surface area contributed by atoms with Crippen molar-refractivity contribution in [2.24, 2.45) is 0 Å². The molecule has 0 saturated carbocycles. The molecule has 0 N–H and O–H groups in total. The Balaban J connectivity index is 0.000000158. The lowest BCUT2D eigenvalue weighted by molar-refractivity contribution is 0.866. The van der Waals surface area contributed by atoms with Crippen LogP contribution < -0.4 is 0 Å². The quantitative estimate of drug-likeness (QED) is 0.149. The van der Waals surface area contributed by atoms with Gasteiger partial charge in [0.15, 0.2) is 23.3 Å². The van der Waals surface area contributed by atoms with E-state index in [-0.39, 0.29) is 0 Å². The smallest absolute Gasteiger partial charge is 0.159 e. The average molecular weight is 835 g/mol. The van der Waals surface area contributed by atoms with Crippen LogP contribution in [0.2, 0.25) is 0 Å². The van der Waals surface area contributed by atoms with Crippen LogP contribution in [0.15, 0.2) is 153 Å². The first-order valence-corrected chi connectivity index (χ1v) is 21.8. The van der Waals surface area contributed by atoms with Gasteiger partial charge in [-0.2, -0.15) is 0 Å². The minimum absolute atomic E-state index is 0.563. The van der Waals surface area contributed by atoms with Gasteiger partial charge < -0.3 is 0 Å². The van der Waals surface area contributed by atoms with Gasteiger partial charge in [0.1, 0.15) is 0 Å². The summed E-state index contributed by atoms with van der Waals surface area (Å²) >= 11 is 0. The van der Waals surface area contributed by atoms with Crippen LogP contribution in [-0.2, 0) is 0 Å². The Bertz CT molecular complexity index is 2290. The molecule has 4 aromatic heterocycles. The number of benzene rings is 4. The molecule has 8 nitrogen and oxygen atoms in total. The summed E-state index contributed by atoms with van der Waals surface area (Å²) in [6.45, 7) is 23.5. The van der Waals surface area contributed by atoms with Crippen LogP contribution in [0.25, 0.3) is 45.6 Å². The van der Waals surface area contributed by atoms with Crippen LogP contribution >= 0.6 is 0 Å². The first-order chi connectivity index (χ1) is 30.3. The molecule has 0 atom stereocenters. The zero-order valence-corrected chi connectivity index (χ0v) is 38.8. The summed E-state index contributed by atoms with van der Waals surface area (Å²) in [5.74, 6) is 5.42. The first-order valence-electron chi connectivity index (χ1n) is 21.8. The van der Waals surface area contributed by atoms with Gasteiger partial charge in [-0.05, 0) is 89.5 Å². The Labute approximate surface area is 375 Å². The van der Waals surface area contributed by atoms with Gasteiger partial charge in [0.25, 0.3) is 0 Å². The van der Waals surface area contributed by atoms with Crippen molar-refractivity contribution in [2.75, 3.05) is 0 Å². The van der Waals surface area contributed by atoms with Gasteiger partial charge in [0, 0.05) is 71.8 Å². The first kappa shape index (κ1) is 47.3. The van der Waals surface area contributed by atoms with Crippen LogP contribution in [0.1, 0.15) is 118 Å². The van der Waals surface area contributed by atoms with Gasteiger partial charge in [0.05, 0.1) is 0 Å². The van der Waals surface area contributed by atoms with Crippen molar-refractivity contribution >= 4 is 0 Å². The number of aryl methyl sites for hydroxylation is 3. The van der Waals surface area contributed by atoms with Crippen molar-refractivity contribution < 1.29 is 0 Å². The normalized spacial score (nSPS) is 10.7. The molecule has 0 amide bonds. The molecule has 8 aromatic rings. The third-order valence-electron chi connectivity index (χ3n) is 10.3. The zero-order chi connectivity index (χ0) is 45.3. The predicted octanol–water partition coefficient (Wildman–Crippen LogP) is 14.0. The summed E-state index contributed by atoms with van der Waals surface area (Å²) in [6, 6.07) is 35.6. The van der Waals surface area contributed by atoms with Crippen molar-refractivity contribution in [3.8, 4) is 45.6 Å². The maximum Gasteiger partial charge on any atom is 0.159 e. The number of nitrogens with zero attached hydrogens (tertiary/aromatic N) is 8. The second-order valence-electron chi connectivity index (χ2n) is 16.9. The maximum atomic E-state index is 4.31. The fourth-order valence-corrected chi connectivity index (χ4v) is 6.14. The van der Waals surface area contributed by atoms with E-state index in [2.05, 4.69) is 192 Å². The van der Waals surface area contributed by atoms with Gasteiger partial charge >= 0.3 is 0 Å². The van der Waals surface area contributed by atoms with Gasteiger partial charge in [-0.1, -0.05) is 152 Å². The molecule has 322 valence electrons. The van der Waals surface area contributed by atoms with Gasteiger partial charge in [-0.3, -0.25) is 0 Å². The Morgan fingerprint density at radius 3 is 0.651 bits per heavy atom. The fraction of sp³-hybridized carbons (Fsp3) is 0.273. The molecule has 0 saturated heterocycles. The van der Waals surface area contributed by atoms with E-state index in [9.17, 15) is 0 Å². The van der Waals surface area contributed by atoms with E-state index in [1.54, 1.807) is 12.4 Å². The molecule has 0 aliphatic carbocycles. The Morgan fingerprint density at radius 1 is 0.270 bits per heavy atom. The average Bonchev–Trinajstić information content (AvgIpc) is 3.31. The molecule has 8 heteroatoms. The minimum atomic E-state index is 0.563. The maximum absolute atomic E-state index is 4.31.